The predicted molar refractivity (Wildman–Crippen MR) is 88.1 cm³/mol. The molecule has 2 aromatic rings. The Morgan fingerprint density at radius 3 is 2.84 bits per heavy atom. The number of piperidine rings is 1. The molecule has 132 valence electrons. The number of carboxylic acid groups (broad SMARTS) is 1. The number of likely N-dealkylation sites (tertiary alicyclic amines) is 1. The van der Waals surface area contributed by atoms with Crippen LogP contribution in [-0.2, 0) is 16.1 Å². The average molecular weight is 345 g/mol. The molecule has 0 saturated carbocycles. The van der Waals surface area contributed by atoms with Crippen molar-refractivity contribution in [3.63, 3.8) is 0 Å². The fourth-order valence-corrected chi connectivity index (χ4v) is 3.41. The highest BCUT2D eigenvalue weighted by molar-refractivity contribution is 5.81. The van der Waals surface area contributed by atoms with E-state index in [1.807, 2.05) is 12.3 Å². The fraction of sp³-hybridized carbons (Fsp3) is 0.389. The lowest BCUT2D eigenvalue weighted by Crippen LogP contribution is -2.46. The molecule has 1 aromatic heterocycles. The number of aryl methyl sites for hydroxylation is 1. The second-order valence-corrected chi connectivity index (χ2v) is 6.19. The molecule has 0 spiro atoms. The summed E-state index contributed by atoms with van der Waals surface area (Å²) >= 11 is 0. The van der Waals surface area contributed by atoms with E-state index in [1.54, 1.807) is 27.9 Å². The molecule has 25 heavy (non-hydrogen) atoms. The van der Waals surface area contributed by atoms with Crippen LogP contribution in [0.1, 0.15) is 30.9 Å². The molecule has 0 aliphatic carbocycles. The highest BCUT2D eigenvalue weighted by atomic mass is 19.1. The lowest BCUT2D eigenvalue weighted by Gasteiger charge is -2.40. The van der Waals surface area contributed by atoms with Crippen molar-refractivity contribution in [1.82, 2.24) is 14.7 Å². The first-order valence-electron chi connectivity index (χ1n) is 8.31. The zero-order chi connectivity index (χ0) is 17.8. The van der Waals surface area contributed by atoms with Gasteiger partial charge in [-0.25, -0.2) is 4.39 Å². The van der Waals surface area contributed by atoms with Gasteiger partial charge in [-0.05, 0) is 36.6 Å². The Morgan fingerprint density at radius 1 is 1.32 bits per heavy atom. The molecular weight excluding hydrogens is 325 g/mol. The third kappa shape index (κ3) is 3.87. The molecule has 2 heterocycles. The van der Waals surface area contributed by atoms with Crippen LogP contribution in [0.25, 0.3) is 0 Å². The fourth-order valence-electron chi connectivity index (χ4n) is 3.41. The zero-order valence-electron chi connectivity index (χ0n) is 13.7. The second kappa shape index (κ2) is 7.46. The average Bonchev–Trinajstić information content (AvgIpc) is 3.09. The Morgan fingerprint density at radius 2 is 2.16 bits per heavy atom. The van der Waals surface area contributed by atoms with Gasteiger partial charge in [-0.15, -0.1) is 0 Å². The first-order chi connectivity index (χ1) is 12.1. The van der Waals surface area contributed by atoms with Gasteiger partial charge in [-0.1, -0.05) is 12.1 Å². The summed E-state index contributed by atoms with van der Waals surface area (Å²) in [6, 6.07) is 7.04. The van der Waals surface area contributed by atoms with Crippen molar-refractivity contribution >= 4 is 11.9 Å². The minimum Gasteiger partial charge on any atom is -0.481 e. The van der Waals surface area contributed by atoms with E-state index in [0.29, 0.717) is 25.1 Å². The number of hydrogen-bond acceptors (Lipinski definition) is 3. The van der Waals surface area contributed by atoms with Gasteiger partial charge in [0.05, 0.1) is 12.0 Å². The zero-order valence-corrected chi connectivity index (χ0v) is 13.7. The summed E-state index contributed by atoms with van der Waals surface area (Å²) in [6.07, 6.45) is 4.63. The van der Waals surface area contributed by atoms with Crippen LogP contribution in [0.5, 0.6) is 0 Å². The van der Waals surface area contributed by atoms with Crippen LogP contribution in [0.2, 0.25) is 0 Å². The Labute approximate surface area is 144 Å². The van der Waals surface area contributed by atoms with Crippen LogP contribution in [0, 0.1) is 11.7 Å². The van der Waals surface area contributed by atoms with Crippen LogP contribution < -0.4 is 0 Å². The third-order valence-corrected chi connectivity index (χ3v) is 4.56. The van der Waals surface area contributed by atoms with E-state index in [0.717, 1.165) is 0 Å². The maximum absolute atomic E-state index is 13.6. The maximum Gasteiger partial charge on any atom is 0.308 e. The van der Waals surface area contributed by atoms with Gasteiger partial charge in [0.2, 0.25) is 5.91 Å². The van der Waals surface area contributed by atoms with Gasteiger partial charge >= 0.3 is 5.97 Å². The predicted octanol–water partition coefficient (Wildman–Crippen LogP) is 2.48. The number of aromatic nitrogens is 2. The molecule has 0 unspecified atom stereocenters. The molecule has 1 aliphatic rings. The van der Waals surface area contributed by atoms with E-state index < -0.39 is 23.7 Å². The minimum absolute atomic E-state index is 0.0905. The van der Waals surface area contributed by atoms with Gasteiger partial charge in [0, 0.05) is 31.9 Å². The van der Waals surface area contributed by atoms with E-state index in [1.165, 1.54) is 12.1 Å². The Bertz CT molecular complexity index is 748. The van der Waals surface area contributed by atoms with Gasteiger partial charge in [0.25, 0.3) is 0 Å². The summed E-state index contributed by atoms with van der Waals surface area (Å²) in [5, 5.41) is 13.7. The van der Waals surface area contributed by atoms with Crippen LogP contribution in [0.4, 0.5) is 4.39 Å². The number of amides is 1. The number of carboxylic acids is 1. The first kappa shape index (κ1) is 17.1. The molecule has 0 radical (unpaired) electrons. The molecule has 0 bridgehead atoms. The van der Waals surface area contributed by atoms with E-state index in [-0.39, 0.29) is 18.7 Å². The molecule has 1 fully saturated rings. The topological polar surface area (TPSA) is 75.4 Å². The smallest absolute Gasteiger partial charge is 0.308 e. The van der Waals surface area contributed by atoms with Gasteiger partial charge in [0.15, 0.2) is 0 Å². The summed E-state index contributed by atoms with van der Waals surface area (Å²) in [5.74, 6) is -2.22. The highest BCUT2D eigenvalue weighted by Crippen LogP contribution is 2.37. The summed E-state index contributed by atoms with van der Waals surface area (Å²) in [4.78, 5) is 25.7. The molecule has 6 nitrogen and oxygen atoms in total. The van der Waals surface area contributed by atoms with Crippen molar-refractivity contribution in [3.8, 4) is 0 Å². The van der Waals surface area contributed by atoms with Crippen molar-refractivity contribution in [2.24, 2.45) is 5.92 Å². The van der Waals surface area contributed by atoms with Crippen molar-refractivity contribution < 1.29 is 19.1 Å². The van der Waals surface area contributed by atoms with E-state index in [9.17, 15) is 19.1 Å². The number of halogens is 1. The van der Waals surface area contributed by atoms with Crippen LogP contribution in [-0.4, -0.2) is 38.2 Å². The minimum atomic E-state index is -0.959. The SMILES string of the molecule is O=C(O)[C@H]1CCC(=O)N(CCCn2cccn2)[C@@H]1c1cccc(F)c1. The summed E-state index contributed by atoms with van der Waals surface area (Å²) in [5.41, 5.74) is 0.527. The van der Waals surface area contributed by atoms with Gasteiger partial charge in [-0.3, -0.25) is 14.3 Å². The molecule has 3 rings (SSSR count). The summed E-state index contributed by atoms with van der Waals surface area (Å²) in [6.45, 7) is 1.04. The highest BCUT2D eigenvalue weighted by Gasteiger charge is 2.40. The number of carbonyl (C=O) groups excluding carboxylic acids is 1. The number of rotatable bonds is 6. The standard InChI is InChI=1S/C18H20FN3O3/c19-14-5-1-4-13(12-14)17-15(18(24)25)6-7-16(23)22(17)11-3-10-21-9-2-8-20-21/h1-2,4-5,8-9,12,15,17H,3,6-7,10-11H2,(H,24,25)/t15-,17+/m0/s1. The van der Waals surface area contributed by atoms with Crippen LogP contribution in [0.3, 0.4) is 0 Å². The van der Waals surface area contributed by atoms with E-state index in [4.69, 9.17) is 0 Å². The maximum atomic E-state index is 13.6. The van der Waals surface area contributed by atoms with Gasteiger partial charge < -0.3 is 10.0 Å². The second-order valence-electron chi connectivity index (χ2n) is 6.19. The van der Waals surface area contributed by atoms with Crippen molar-refractivity contribution in [1.29, 1.82) is 0 Å². The number of aliphatic carboxylic acids is 1. The number of hydrogen-bond donors (Lipinski definition) is 1. The largest absolute Gasteiger partial charge is 0.481 e. The quantitative estimate of drug-likeness (QED) is 0.873. The number of carbonyl (C=O) groups is 2. The van der Waals surface area contributed by atoms with Crippen LogP contribution >= 0.6 is 0 Å². The van der Waals surface area contributed by atoms with Gasteiger partial charge in [-0.2, -0.15) is 5.10 Å². The van der Waals surface area contributed by atoms with Crippen LogP contribution in [0.15, 0.2) is 42.7 Å². The monoisotopic (exact) mass is 345 g/mol. The number of benzene rings is 1. The lowest BCUT2D eigenvalue weighted by atomic mass is 9.84. The normalized spacial score (nSPS) is 20.7. The van der Waals surface area contributed by atoms with Crippen molar-refractivity contribution in [3.05, 3.63) is 54.1 Å². The Balaban J connectivity index is 1.82. The summed E-state index contributed by atoms with van der Waals surface area (Å²) < 4.78 is 15.4. The van der Waals surface area contributed by atoms with E-state index in [2.05, 4.69) is 5.10 Å². The summed E-state index contributed by atoms with van der Waals surface area (Å²) in [7, 11) is 0. The molecule has 1 N–H and O–H groups in total. The van der Waals surface area contributed by atoms with Crippen molar-refractivity contribution in [2.45, 2.75) is 31.8 Å². The molecule has 2 atom stereocenters. The third-order valence-electron chi connectivity index (χ3n) is 4.56. The Kier molecular flexibility index (Phi) is 5.11. The van der Waals surface area contributed by atoms with Gasteiger partial charge in [0.1, 0.15) is 5.82 Å². The molecule has 1 saturated heterocycles. The molecule has 7 heteroatoms. The first-order valence-corrected chi connectivity index (χ1v) is 8.31. The number of nitrogens with zero attached hydrogens (tertiary/aromatic N) is 3. The molecule has 1 aliphatic heterocycles. The molecule has 1 aromatic carbocycles. The Hall–Kier alpha value is -2.70. The lowest BCUT2D eigenvalue weighted by molar-refractivity contribution is -0.152. The molecule has 1 amide bonds. The van der Waals surface area contributed by atoms with Crippen molar-refractivity contribution in [2.75, 3.05) is 6.54 Å². The van der Waals surface area contributed by atoms with E-state index >= 15 is 0 Å². The molecular formula is C18H20FN3O3.